The van der Waals surface area contributed by atoms with Crippen LogP contribution in [0.5, 0.6) is 5.75 Å². The summed E-state index contributed by atoms with van der Waals surface area (Å²) in [5.74, 6) is 0.117. The first-order valence-electron chi connectivity index (χ1n) is 11.7. The number of ether oxygens (including phenoxy) is 1. The fourth-order valence-electron chi connectivity index (χ4n) is 3.97. The van der Waals surface area contributed by atoms with Crippen LogP contribution in [-0.2, 0) is 6.54 Å². The molecule has 198 valence electrons. The summed E-state index contributed by atoms with van der Waals surface area (Å²) in [5, 5.41) is 24.3. The summed E-state index contributed by atoms with van der Waals surface area (Å²) in [6.07, 6.45) is 1.53. The zero-order chi connectivity index (χ0) is 27.5. The second-order valence-electron chi connectivity index (χ2n) is 8.45. The van der Waals surface area contributed by atoms with Crippen molar-refractivity contribution >= 4 is 33.9 Å². The lowest BCUT2D eigenvalue weighted by Gasteiger charge is -2.11. The predicted molar refractivity (Wildman–Crippen MR) is 146 cm³/mol. The van der Waals surface area contributed by atoms with Gasteiger partial charge in [0, 0.05) is 11.1 Å². The predicted octanol–water partition coefficient (Wildman–Crippen LogP) is 3.30. The number of benzene rings is 2. The second kappa shape index (κ2) is 10.9. The maximum Gasteiger partial charge on any atom is 0.292 e. The largest absolute Gasteiger partial charge is 0.496 e. The number of hydrogen-bond donors (Lipinski definition) is 2. The lowest BCUT2D eigenvalue weighted by molar-refractivity contribution is 0.0947. The molecule has 0 aliphatic rings. The van der Waals surface area contributed by atoms with Crippen LogP contribution in [-0.4, -0.2) is 54.3 Å². The molecule has 0 saturated heterocycles. The first kappa shape index (κ1) is 25.8. The van der Waals surface area contributed by atoms with Crippen molar-refractivity contribution in [2.75, 3.05) is 12.8 Å². The van der Waals surface area contributed by atoms with Crippen molar-refractivity contribution in [2.45, 2.75) is 20.4 Å². The Morgan fingerprint density at radius 2 is 2.00 bits per heavy atom. The number of anilines is 1. The summed E-state index contributed by atoms with van der Waals surface area (Å²) in [4.78, 5) is 13.3. The Morgan fingerprint density at radius 3 is 2.67 bits per heavy atom. The third-order valence-corrected chi connectivity index (χ3v) is 7.07. The van der Waals surface area contributed by atoms with E-state index in [0.29, 0.717) is 23.6 Å². The molecule has 0 fully saturated rings. The molecule has 0 atom stereocenters. The molecule has 0 spiro atoms. The van der Waals surface area contributed by atoms with Crippen LogP contribution >= 0.6 is 15.9 Å². The molecule has 0 aliphatic heterocycles. The van der Waals surface area contributed by atoms with Crippen LogP contribution in [0.15, 0.2) is 62.7 Å². The lowest BCUT2D eigenvalue weighted by atomic mass is 10.1. The number of rotatable bonds is 8. The minimum Gasteiger partial charge on any atom is -0.496 e. The number of nitrogens with zero attached hydrogens (tertiary/aromatic N) is 8. The SMILES string of the molecule is COc1ccc(C=NNC(=O)c2c(-c3ccccc3)nnn2-c2nonc2N)cc1Cn1nc(C)c(Br)c1C. The highest BCUT2D eigenvalue weighted by atomic mass is 79.9. The van der Waals surface area contributed by atoms with E-state index in [1.54, 1.807) is 19.2 Å². The van der Waals surface area contributed by atoms with E-state index in [2.05, 4.69) is 56.8 Å². The second-order valence-corrected chi connectivity index (χ2v) is 9.24. The highest BCUT2D eigenvalue weighted by Crippen LogP contribution is 2.26. The number of carbonyl (C=O) groups excluding carboxylic acids is 1. The number of aryl methyl sites for hydroxylation is 1. The molecular weight excluding hydrogens is 568 g/mol. The van der Waals surface area contributed by atoms with Gasteiger partial charge in [0.15, 0.2) is 5.69 Å². The molecule has 2 aromatic carbocycles. The molecule has 3 N–H and O–H groups in total. The number of halogens is 1. The highest BCUT2D eigenvalue weighted by Gasteiger charge is 2.25. The summed E-state index contributed by atoms with van der Waals surface area (Å²) < 4.78 is 14.2. The fourth-order valence-corrected chi connectivity index (χ4v) is 4.26. The zero-order valence-electron chi connectivity index (χ0n) is 21.2. The van der Waals surface area contributed by atoms with Crippen LogP contribution in [0.1, 0.15) is 33.0 Å². The van der Waals surface area contributed by atoms with Crippen molar-refractivity contribution in [1.82, 2.24) is 40.5 Å². The van der Waals surface area contributed by atoms with Gasteiger partial charge in [0.25, 0.3) is 5.91 Å². The third kappa shape index (κ3) is 5.13. The highest BCUT2D eigenvalue weighted by molar-refractivity contribution is 9.10. The first-order valence-corrected chi connectivity index (χ1v) is 12.5. The molecule has 3 heterocycles. The smallest absolute Gasteiger partial charge is 0.292 e. The Morgan fingerprint density at radius 1 is 1.21 bits per heavy atom. The van der Waals surface area contributed by atoms with Gasteiger partial charge < -0.3 is 10.5 Å². The van der Waals surface area contributed by atoms with Gasteiger partial charge in [-0.25, -0.2) is 10.1 Å². The minimum absolute atomic E-state index is 0.0365. The van der Waals surface area contributed by atoms with Crippen LogP contribution in [0.4, 0.5) is 5.82 Å². The lowest BCUT2D eigenvalue weighted by Crippen LogP contribution is -2.22. The topological polar surface area (TPSA) is 164 Å². The Hall–Kier alpha value is -4.85. The van der Waals surface area contributed by atoms with Gasteiger partial charge in [-0.15, -0.1) is 5.10 Å². The van der Waals surface area contributed by atoms with Gasteiger partial charge in [-0.2, -0.15) is 14.9 Å². The molecule has 0 unspecified atom stereocenters. The number of methoxy groups -OCH3 is 1. The van der Waals surface area contributed by atoms with Crippen LogP contribution in [0, 0.1) is 13.8 Å². The fraction of sp³-hybridized carbons (Fsp3) is 0.160. The summed E-state index contributed by atoms with van der Waals surface area (Å²) in [5.41, 5.74) is 13.0. The maximum absolute atomic E-state index is 13.3. The van der Waals surface area contributed by atoms with Gasteiger partial charge in [-0.05, 0) is 63.9 Å². The number of hydrazone groups is 1. The number of nitrogens with two attached hydrogens (primary N) is 1. The quantitative estimate of drug-likeness (QED) is 0.204. The third-order valence-electron chi connectivity index (χ3n) is 5.93. The molecule has 3 aromatic heterocycles. The number of carbonyl (C=O) groups is 1. The number of amides is 1. The molecule has 0 bridgehead atoms. The number of nitrogen functional groups attached to an aromatic ring is 1. The van der Waals surface area contributed by atoms with E-state index in [4.69, 9.17) is 10.5 Å². The molecule has 13 nitrogen and oxygen atoms in total. The molecular formula is C25H23BrN10O3. The van der Waals surface area contributed by atoms with Crippen molar-refractivity contribution in [1.29, 1.82) is 0 Å². The van der Waals surface area contributed by atoms with Gasteiger partial charge in [0.1, 0.15) is 11.4 Å². The molecule has 0 saturated carbocycles. The number of nitrogens with one attached hydrogen (secondary N) is 1. The van der Waals surface area contributed by atoms with Crippen molar-refractivity contribution in [3.05, 3.63) is 81.2 Å². The van der Waals surface area contributed by atoms with E-state index < -0.39 is 5.91 Å². The normalized spacial score (nSPS) is 11.3. The van der Waals surface area contributed by atoms with E-state index in [1.807, 2.05) is 54.9 Å². The van der Waals surface area contributed by atoms with Crippen molar-refractivity contribution in [3.8, 4) is 22.8 Å². The molecule has 14 heteroatoms. The Balaban J connectivity index is 1.41. The van der Waals surface area contributed by atoms with Crippen LogP contribution in [0.25, 0.3) is 17.1 Å². The average molecular weight is 591 g/mol. The molecule has 5 rings (SSSR count). The van der Waals surface area contributed by atoms with Gasteiger partial charge in [0.05, 0.1) is 35.7 Å². The number of hydrogen-bond acceptors (Lipinski definition) is 10. The monoisotopic (exact) mass is 590 g/mol. The molecule has 0 radical (unpaired) electrons. The van der Waals surface area contributed by atoms with Crippen LogP contribution in [0.2, 0.25) is 0 Å². The zero-order valence-corrected chi connectivity index (χ0v) is 22.7. The molecule has 1 amide bonds. The minimum atomic E-state index is -0.585. The summed E-state index contributed by atoms with van der Waals surface area (Å²) in [6.45, 7) is 4.42. The molecule has 39 heavy (non-hydrogen) atoms. The van der Waals surface area contributed by atoms with Crippen molar-refractivity contribution in [3.63, 3.8) is 0 Å². The van der Waals surface area contributed by atoms with E-state index in [0.717, 1.165) is 31.7 Å². The molecule has 5 aromatic rings. The van der Waals surface area contributed by atoms with Crippen molar-refractivity contribution in [2.24, 2.45) is 5.10 Å². The summed E-state index contributed by atoms with van der Waals surface area (Å²) in [6, 6.07) is 14.7. The van der Waals surface area contributed by atoms with Crippen LogP contribution in [0.3, 0.4) is 0 Å². The maximum atomic E-state index is 13.3. The first-order chi connectivity index (χ1) is 18.9. The Bertz CT molecular complexity index is 1670. The van der Waals surface area contributed by atoms with E-state index in [9.17, 15) is 4.79 Å². The van der Waals surface area contributed by atoms with E-state index in [1.165, 1.54) is 6.21 Å². The van der Waals surface area contributed by atoms with E-state index in [-0.39, 0.29) is 17.3 Å². The van der Waals surface area contributed by atoms with Gasteiger partial charge >= 0.3 is 0 Å². The van der Waals surface area contributed by atoms with Gasteiger partial charge in [0.2, 0.25) is 11.6 Å². The van der Waals surface area contributed by atoms with Crippen molar-refractivity contribution < 1.29 is 14.2 Å². The van der Waals surface area contributed by atoms with Gasteiger partial charge in [-0.3, -0.25) is 9.48 Å². The van der Waals surface area contributed by atoms with Gasteiger partial charge in [-0.1, -0.05) is 35.5 Å². The number of aromatic nitrogens is 7. The molecule has 0 aliphatic carbocycles. The van der Waals surface area contributed by atoms with Crippen LogP contribution < -0.4 is 15.9 Å². The average Bonchev–Trinajstić information content (AvgIpc) is 3.63. The Labute approximate surface area is 230 Å². The van der Waals surface area contributed by atoms with E-state index >= 15 is 0 Å². The Kier molecular flexibility index (Phi) is 7.19. The standard InChI is InChI=1S/C25H23BrN10O3/c1-14-20(26)15(2)35(31-14)13-18-11-16(9-10-19(18)38-3)12-28-30-25(37)22-21(17-7-5-4-6-8-17)29-34-36(22)24-23(27)32-39-33-24/h4-12H,13H2,1-3H3,(H2,27,32)(H,30,37). The summed E-state index contributed by atoms with van der Waals surface area (Å²) >= 11 is 3.56. The summed E-state index contributed by atoms with van der Waals surface area (Å²) in [7, 11) is 1.61.